The topological polar surface area (TPSA) is 104 Å². The highest BCUT2D eigenvalue weighted by Crippen LogP contribution is 2.22. The average molecular weight is 352 g/mol. The number of nitro groups is 1. The molecule has 0 spiro atoms. The molecule has 0 aliphatic carbocycles. The van der Waals surface area contributed by atoms with Crippen molar-refractivity contribution in [3.63, 3.8) is 0 Å². The number of pyridine rings is 1. The summed E-state index contributed by atoms with van der Waals surface area (Å²) in [7, 11) is 0. The van der Waals surface area contributed by atoms with Crippen molar-refractivity contribution in [2.45, 2.75) is 0 Å². The number of rotatable bonds is 8. The third-order valence-electron chi connectivity index (χ3n) is 2.81. The van der Waals surface area contributed by atoms with E-state index in [1.165, 1.54) is 12.1 Å². The van der Waals surface area contributed by atoms with Gasteiger partial charge in [0.05, 0.1) is 16.5 Å². The molecule has 0 radical (unpaired) electrons. The molecule has 0 saturated carbocycles. The number of carbonyl (C=O) groups is 1. The lowest BCUT2D eigenvalue weighted by Gasteiger charge is -2.09. The Bertz CT molecular complexity index is 709. The maximum absolute atomic E-state index is 11.5. The number of halogens is 1. The Labute approximate surface area is 142 Å². The Kier molecular flexibility index (Phi) is 6.32. The highest BCUT2D eigenvalue weighted by atomic mass is 35.5. The van der Waals surface area contributed by atoms with E-state index in [0.717, 1.165) is 6.20 Å². The number of nitrogens with one attached hydrogen (secondary N) is 1. The average Bonchev–Trinajstić information content (AvgIpc) is 2.58. The third kappa shape index (κ3) is 5.40. The molecule has 2 rings (SSSR count). The zero-order chi connectivity index (χ0) is 17.4. The second-order valence-electron chi connectivity index (χ2n) is 4.53. The van der Waals surface area contributed by atoms with E-state index in [4.69, 9.17) is 21.1 Å². The van der Waals surface area contributed by atoms with Crippen molar-refractivity contribution in [3.8, 4) is 5.75 Å². The van der Waals surface area contributed by atoms with Crippen LogP contribution in [0.1, 0.15) is 0 Å². The summed E-state index contributed by atoms with van der Waals surface area (Å²) in [6.07, 6.45) is 1.14. The predicted octanol–water partition coefficient (Wildman–Crippen LogP) is 2.68. The number of hydrogen-bond donors (Lipinski definition) is 1. The molecule has 0 bridgehead atoms. The first-order chi connectivity index (χ1) is 11.6. The number of hydrogen-bond acceptors (Lipinski definition) is 7. The van der Waals surface area contributed by atoms with Gasteiger partial charge in [0.2, 0.25) is 0 Å². The van der Waals surface area contributed by atoms with Crippen LogP contribution in [0, 0.1) is 10.1 Å². The molecule has 9 heteroatoms. The molecule has 8 nitrogen and oxygen atoms in total. The van der Waals surface area contributed by atoms with Crippen molar-refractivity contribution >= 4 is 29.1 Å². The molecular formula is C15H14ClN3O5. The lowest BCUT2D eigenvalue weighted by atomic mass is 10.3. The van der Waals surface area contributed by atoms with Crippen LogP contribution in [0.3, 0.4) is 0 Å². The van der Waals surface area contributed by atoms with Gasteiger partial charge in [0.1, 0.15) is 24.4 Å². The molecule has 0 unspecified atom stereocenters. The van der Waals surface area contributed by atoms with Crippen LogP contribution >= 0.6 is 11.6 Å². The Morgan fingerprint density at radius 3 is 2.75 bits per heavy atom. The minimum Gasteiger partial charge on any atom is -0.480 e. The normalized spacial score (nSPS) is 10.0. The fraction of sp³-hybridized carbons (Fsp3) is 0.200. The summed E-state index contributed by atoms with van der Waals surface area (Å²) in [5, 5.41) is 13.8. The Balaban J connectivity index is 1.65. The molecule has 1 heterocycles. The molecule has 0 saturated heterocycles. The van der Waals surface area contributed by atoms with Gasteiger partial charge in [0.25, 0.3) is 5.69 Å². The Morgan fingerprint density at radius 2 is 2.08 bits per heavy atom. The lowest BCUT2D eigenvalue weighted by molar-refractivity contribution is -0.385. The number of ether oxygens (including phenoxy) is 2. The Hall–Kier alpha value is -2.87. The first-order valence-electron chi connectivity index (χ1n) is 6.93. The van der Waals surface area contributed by atoms with E-state index < -0.39 is 10.9 Å². The highest BCUT2D eigenvalue weighted by Gasteiger charge is 2.07. The molecule has 1 N–H and O–H groups in total. The van der Waals surface area contributed by atoms with Gasteiger partial charge in [-0.3, -0.25) is 10.1 Å². The smallest absolute Gasteiger partial charge is 0.344 e. The summed E-state index contributed by atoms with van der Waals surface area (Å²) in [4.78, 5) is 25.4. The summed E-state index contributed by atoms with van der Waals surface area (Å²) in [5.74, 6) is 0.321. The molecule has 2 aromatic rings. The summed E-state index contributed by atoms with van der Waals surface area (Å²) >= 11 is 5.90. The number of nitrogens with zero attached hydrogens (tertiary/aromatic N) is 2. The van der Waals surface area contributed by atoms with Crippen LogP contribution in [0.2, 0.25) is 5.02 Å². The fourth-order valence-electron chi connectivity index (χ4n) is 1.68. The minimum absolute atomic E-state index is 0.0938. The van der Waals surface area contributed by atoms with E-state index in [-0.39, 0.29) is 18.9 Å². The number of carbonyl (C=O) groups excluding carboxylic acids is 1. The standard InChI is InChI=1S/C15H14ClN3O5/c16-12-3-1-2-4-13(12)24-10-15(20)23-8-7-17-14-6-5-11(9-18-14)19(21)22/h1-6,9H,7-8,10H2,(H,17,18). The van der Waals surface area contributed by atoms with Gasteiger partial charge in [-0.05, 0) is 18.2 Å². The maximum atomic E-state index is 11.5. The van der Waals surface area contributed by atoms with Crippen LogP contribution in [0.15, 0.2) is 42.6 Å². The molecule has 0 aliphatic rings. The number of para-hydroxylation sites is 1. The van der Waals surface area contributed by atoms with Crippen molar-refractivity contribution in [2.24, 2.45) is 0 Å². The summed E-state index contributed by atoms with van der Waals surface area (Å²) < 4.78 is 10.2. The Morgan fingerprint density at radius 1 is 1.29 bits per heavy atom. The highest BCUT2D eigenvalue weighted by molar-refractivity contribution is 6.32. The van der Waals surface area contributed by atoms with Crippen molar-refractivity contribution in [1.29, 1.82) is 0 Å². The van der Waals surface area contributed by atoms with Crippen LogP contribution in [-0.2, 0) is 9.53 Å². The minimum atomic E-state index is -0.534. The third-order valence-corrected chi connectivity index (χ3v) is 3.12. The van der Waals surface area contributed by atoms with Crippen molar-refractivity contribution < 1.29 is 19.2 Å². The zero-order valence-corrected chi connectivity index (χ0v) is 13.2. The summed E-state index contributed by atoms with van der Waals surface area (Å²) in [5.41, 5.74) is -0.0938. The zero-order valence-electron chi connectivity index (χ0n) is 12.5. The first-order valence-corrected chi connectivity index (χ1v) is 7.31. The SMILES string of the molecule is O=C(COc1ccccc1Cl)OCCNc1ccc([N+](=O)[O-])cn1. The number of esters is 1. The molecule has 24 heavy (non-hydrogen) atoms. The van der Waals surface area contributed by atoms with E-state index in [1.807, 2.05) is 0 Å². The van der Waals surface area contributed by atoms with Crippen LogP contribution in [-0.4, -0.2) is 35.6 Å². The predicted molar refractivity (Wildman–Crippen MR) is 87.3 cm³/mol. The van der Waals surface area contributed by atoms with Crippen LogP contribution in [0.5, 0.6) is 5.75 Å². The molecule has 0 atom stereocenters. The van der Waals surface area contributed by atoms with Gasteiger partial charge < -0.3 is 14.8 Å². The molecule has 0 amide bonds. The van der Waals surface area contributed by atoms with Gasteiger partial charge in [0.15, 0.2) is 6.61 Å². The first kappa shape index (κ1) is 17.5. The summed E-state index contributed by atoms with van der Waals surface area (Å²) in [6.45, 7) is 0.158. The van der Waals surface area contributed by atoms with Gasteiger partial charge in [0, 0.05) is 6.07 Å². The van der Waals surface area contributed by atoms with Crippen LogP contribution < -0.4 is 10.1 Å². The van der Waals surface area contributed by atoms with Gasteiger partial charge in [-0.2, -0.15) is 0 Å². The number of anilines is 1. The number of aromatic nitrogens is 1. The van der Waals surface area contributed by atoms with E-state index in [0.29, 0.717) is 23.1 Å². The van der Waals surface area contributed by atoms with Crippen LogP contribution in [0.25, 0.3) is 0 Å². The molecule has 0 fully saturated rings. The van der Waals surface area contributed by atoms with Gasteiger partial charge in [-0.1, -0.05) is 23.7 Å². The van der Waals surface area contributed by atoms with Crippen molar-refractivity contribution in [2.75, 3.05) is 25.1 Å². The second kappa shape index (κ2) is 8.68. The number of benzene rings is 1. The van der Waals surface area contributed by atoms with Gasteiger partial charge >= 0.3 is 5.97 Å². The van der Waals surface area contributed by atoms with Gasteiger partial charge in [-0.15, -0.1) is 0 Å². The van der Waals surface area contributed by atoms with E-state index in [2.05, 4.69) is 10.3 Å². The van der Waals surface area contributed by atoms with Crippen molar-refractivity contribution in [3.05, 3.63) is 57.7 Å². The largest absolute Gasteiger partial charge is 0.480 e. The van der Waals surface area contributed by atoms with E-state index in [9.17, 15) is 14.9 Å². The van der Waals surface area contributed by atoms with Crippen molar-refractivity contribution in [1.82, 2.24) is 4.98 Å². The molecular weight excluding hydrogens is 338 g/mol. The second-order valence-corrected chi connectivity index (χ2v) is 4.93. The quantitative estimate of drug-likeness (QED) is 0.337. The van der Waals surface area contributed by atoms with Crippen LogP contribution in [0.4, 0.5) is 11.5 Å². The maximum Gasteiger partial charge on any atom is 0.344 e. The molecule has 126 valence electrons. The fourth-order valence-corrected chi connectivity index (χ4v) is 1.87. The van der Waals surface area contributed by atoms with E-state index >= 15 is 0 Å². The molecule has 1 aromatic heterocycles. The lowest BCUT2D eigenvalue weighted by Crippen LogP contribution is -2.19. The van der Waals surface area contributed by atoms with Gasteiger partial charge in [-0.25, -0.2) is 9.78 Å². The summed E-state index contributed by atoms with van der Waals surface area (Å²) in [6, 6.07) is 9.61. The molecule has 1 aromatic carbocycles. The van der Waals surface area contributed by atoms with E-state index in [1.54, 1.807) is 24.3 Å². The monoisotopic (exact) mass is 351 g/mol. The molecule has 0 aliphatic heterocycles.